The molecule has 1 amide bonds. The molecule has 0 bridgehead atoms. The Kier molecular flexibility index (Phi) is 4.67. The summed E-state index contributed by atoms with van der Waals surface area (Å²) in [5.41, 5.74) is 7.25. The maximum atomic E-state index is 11.5. The number of pyridine rings is 1. The van der Waals surface area contributed by atoms with Crippen LogP contribution in [0.25, 0.3) is 0 Å². The smallest absolute Gasteiger partial charge is 0.288 e. The van der Waals surface area contributed by atoms with Gasteiger partial charge in [-0.3, -0.25) is 14.9 Å². The van der Waals surface area contributed by atoms with Crippen LogP contribution in [0.4, 0.5) is 11.5 Å². The van der Waals surface area contributed by atoms with Crippen LogP contribution in [0.1, 0.15) is 28.4 Å². The molecule has 7 nitrogen and oxygen atoms in total. The second kappa shape index (κ2) is 6.66. The second-order valence-corrected chi connectivity index (χ2v) is 4.69. The van der Waals surface area contributed by atoms with Gasteiger partial charge in [-0.15, -0.1) is 0 Å². The van der Waals surface area contributed by atoms with Crippen molar-refractivity contribution in [2.45, 2.75) is 19.9 Å². The number of carbonyl (C=O) groups excluding carboxylic acids is 1. The molecule has 1 aromatic heterocycles. The lowest BCUT2D eigenvalue weighted by molar-refractivity contribution is -0.385. The third kappa shape index (κ3) is 3.38. The van der Waals surface area contributed by atoms with Gasteiger partial charge >= 0.3 is 0 Å². The predicted octanol–water partition coefficient (Wildman–Crippen LogP) is 2.26. The first-order valence-corrected chi connectivity index (χ1v) is 6.77. The van der Waals surface area contributed by atoms with E-state index in [-0.39, 0.29) is 17.1 Å². The van der Waals surface area contributed by atoms with Crippen molar-refractivity contribution in [3.8, 4) is 0 Å². The van der Waals surface area contributed by atoms with Crippen LogP contribution in [-0.2, 0) is 13.0 Å². The summed E-state index contributed by atoms with van der Waals surface area (Å²) < 4.78 is 0. The second-order valence-electron chi connectivity index (χ2n) is 4.69. The normalized spacial score (nSPS) is 10.2. The predicted molar refractivity (Wildman–Crippen MR) is 82.6 cm³/mol. The number of aryl methyl sites for hydroxylation is 1. The average Bonchev–Trinajstić information content (AvgIpc) is 2.52. The lowest BCUT2D eigenvalue weighted by Gasteiger charge is -2.11. The molecule has 2 aromatic rings. The van der Waals surface area contributed by atoms with Crippen LogP contribution >= 0.6 is 0 Å². The van der Waals surface area contributed by atoms with Gasteiger partial charge in [0.1, 0.15) is 12.0 Å². The summed E-state index contributed by atoms with van der Waals surface area (Å²) in [5, 5.41) is 13.8. The summed E-state index contributed by atoms with van der Waals surface area (Å²) in [6, 6.07) is 9.01. The number of aromatic nitrogens is 1. The topological polar surface area (TPSA) is 111 Å². The molecule has 2 rings (SSSR count). The minimum Gasteiger partial charge on any atom is -0.365 e. The number of rotatable bonds is 6. The zero-order valence-corrected chi connectivity index (χ0v) is 12.1. The van der Waals surface area contributed by atoms with E-state index < -0.39 is 10.8 Å². The van der Waals surface area contributed by atoms with Gasteiger partial charge in [0.25, 0.3) is 11.6 Å². The fourth-order valence-corrected chi connectivity index (χ4v) is 2.14. The molecule has 1 aromatic carbocycles. The highest BCUT2D eigenvalue weighted by molar-refractivity contribution is 5.98. The molecule has 0 fully saturated rings. The number of nitrogens with zero attached hydrogens (tertiary/aromatic N) is 2. The van der Waals surface area contributed by atoms with Crippen LogP contribution < -0.4 is 11.1 Å². The molecule has 0 aliphatic carbocycles. The van der Waals surface area contributed by atoms with E-state index >= 15 is 0 Å². The Morgan fingerprint density at radius 3 is 2.64 bits per heavy atom. The van der Waals surface area contributed by atoms with Gasteiger partial charge in [0.2, 0.25) is 0 Å². The van der Waals surface area contributed by atoms with Gasteiger partial charge in [-0.2, -0.15) is 0 Å². The van der Waals surface area contributed by atoms with Crippen LogP contribution in [0, 0.1) is 10.1 Å². The number of nitrogens with one attached hydrogen (secondary N) is 1. The molecule has 22 heavy (non-hydrogen) atoms. The minimum absolute atomic E-state index is 0.00294. The Balaban J connectivity index is 2.26. The first kappa shape index (κ1) is 15.4. The van der Waals surface area contributed by atoms with Gasteiger partial charge in [0.15, 0.2) is 0 Å². The molecule has 0 spiro atoms. The van der Waals surface area contributed by atoms with Crippen molar-refractivity contribution in [1.82, 2.24) is 4.98 Å². The summed E-state index contributed by atoms with van der Waals surface area (Å²) >= 11 is 0. The highest BCUT2D eigenvalue weighted by Gasteiger charge is 2.16. The molecule has 0 aliphatic heterocycles. The van der Waals surface area contributed by atoms with E-state index in [0.29, 0.717) is 6.54 Å². The minimum atomic E-state index is -0.762. The zero-order valence-electron chi connectivity index (χ0n) is 12.1. The fraction of sp³-hybridized carbons (Fsp3) is 0.200. The van der Waals surface area contributed by atoms with Crippen molar-refractivity contribution in [3.05, 3.63) is 63.3 Å². The monoisotopic (exact) mass is 300 g/mol. The molecule has 0 radical (unpaired) electrons. The van der Waals surface area contributed by atoms with Crippen LogP contribution in [0.3, 0.4) is 0 Å². The van der Waals surface area contributed by atoms with Crippen LogP contribution in [0.2, 0.25) is 0 Å². The molecule has 7 heteroatoms. The van der Waals surface area contributed by atoms with E-state index in [2.05, 4.69) is 17.2 Å². The SMILES string of the molecule is CCc1ccccc1CNc1ncc([N+](=O)[O-])cc1C(N)=O. The Bertz CT molecular complexity index is 716. The third-order valence-corrected chi connectivity index (χ3v) is 3.30. The van der Waals surface area contributed by atoms with Gasteiger partial charge < -0.3 is 11.1 Å². The Morgan fingerprint density at radius 2 is 2.05 bits per heavy atom. The number of amides is 1. The number of anilines is 1. The van der Waals surface area contributed by atoms with E-state index in [1.54, 1.807) is 0 Å². The van der Waals surface area contributed by atoms with Crippen molar-refractivity contribution in [2.24, 2.45) is 5.73 Å². The van der Waals surface area contributed by atoms with Crippen molar-refractivity contribution in [2.75, 3.05) is 5.32 Å². The Morgan fingerprint density at radius 1 is 1.36 bits per heavy atom. The van der Waals surface area contributed by atoms with Gasteiger partial charge in [0.05, 0.1) is 10.5 Å². The summed E-state index contributed by atoms with van der Waals surface area (Å²) in [6.07, 6.45) is 1.98. The van der Waals surface area contributed by atoms with E-state index in [4.69, 9.17) is 5.73 Å². The number of hydrogen-bond donors (Lipinski definition) is 2. The fourth-order valence-electron chi connectivity index (χ4n) is 2.14. The highest BCUT2D eigenvalue weighted by atomic mass is 16.6. The number of hydrogen-bond acceptors (Lipinski definition) is 5. The highest BCUT2D eigenvalue weighted by Crippen LogP contribution is 2.20. The average molecular weight is 300 g/mol. The molecule has 0 unspecified atom stereocenters. The quantitative estimate of drug-likeness (QED) is 0.628. The first-order valence-electron chi connectivity index (χ1n) is 6.77. The van der Waals surface area contributed by atoms with Gasteiger partial charge in [0, 0.05) is 12.6 Å². The molecule has 1 heterocycles. The van der Waals surface area contributed by atoms with E-state index in [1.165, 1.54) is 5.56 Å². The lowest BCUT2D eigenvalue weighted by Crippen LogP contribution is -2.16. The summed E-state index contributed by atoms with van der Waals surface area (Å²) in [6.45, 7) is 2.51. The first-order chi connectivity index (χ1) is 10.5. The van der Waals surface area contributed by atoms with Crippen LogP contribution in [0.5, 0.6) is 0 Å². The van der Waals surface area contributed by atoms with Crippen molar-refractivity contribution in [3.63, 3.8) is 0 Å². The number of nitrogens with two attached hydrogens (primary N) is 1. The zero-order chi connectivity index (χ0) is 16.1. The molecular weight excluding hydrogens is 284 g/mol. The van der Waals surface area contributed by atoms with Gasteiger partial charge in [-0.1, -0.05) is 31.2 Å². The Hall–Kier alpha value is -2.96. The standard InChI is InChI=1S/C15H16N4O3/c1-2-10-5-3-4-6-11(10)8-17-15-13(14(16)20)7-12(9-18-15)19(21)22/h3-7,9H,2,8H2,1H3,(H2,16,20)(H,17,18). The molecular formula is C15H16N4O3. The molecule has 0 saturated carbocycles. The summed E-state index contributed by atoms with van der Waals surface area (Å²) in [5.74, 6) is -0.522. The van der Waals surface area contributed by atoms with E-state index in [9.17, 15) is 14.9 Å². The largest absolute Gasteiger partial charge is 0.365 e. The maximum Gasteiger partial charge on any atom is 0.288 e. The third-order valence-electron chi connectivity index (χ3n) is 3.30. The number of nitro groups is 1. The number of carbonyl (C=O) groups is 1. The van der Waals surface area contributed by atoms with Crippen molar-refractivity contribution >= 4 is 17.4 Å². The molecule has 0 atom stereocenters. The van der Waals surface area contributed by atoms with Crippen molar-refractivity contribution < 1.29 is 9.72 Å². The maximum absolute atomic E-state index is 11.5. The number of primary amides is 1. The van der Waals surface area contributed by atoms with Gasteiger partial charge in [-0.25, -0.2) is 4.98 Å². The number of benzene rings is 1. The van der Waals surface area contributed by atoms with E-state index in [1.807, 2.05) is 24.3 Å². The lowest BCUT2D eigenvalue weighted by atomic mass is 10.1. The molecule has 114 valence electrons. The van der Waals surface area contributed by atoms with Gasteiger partial charge in [-0.05, 0) is 17.5 Å². The van der Waals surface area contributed by atoms with E-state index in [0.717, 1.165) is 24.2 Å². The van der Waals surface area contributed by atoms with Crippen molar-refractivity contribution in [1.29, 1.82) is 0 Å². The van der Waals surface area contributed by atoms with Crippen LogP contribution in [0.15, 0.2) is 36.5 Å². The molecule has 0 saturated heterocycles. The summed E-state index contributed by atoms with van der Waals surface area (Å²) in [7, 11) is 0. The van der Waals surface area contributed by atoms with Crippen LogP contribution in [-0.4, -0.2) is 15.8 Å². The Labute approximate surface area is 127 Å². The molecule has 0 aliphatic rings. The summed E-state index contributed by atoms with van der Waals surface area (Å²) in [4.78, 5) is 25.5. The molecule has 3 N–H and O–H groups in total.